The normalized spacial score (nSPS) is 20.4. The van der Waals surface area contributed by atoms with E-state index in [0.29, 0.717) is 5.92 Å². The van der Waals surface area contributed by atoms with Gasteiger partial charge in [0.1, 0.15) is 0 Å². The van der Waals surface area contributed by atoms with E-state index in [2.05, 4.69) is 68.6 Å². The summed E-state index contributed by atoms with van der Waals surface area (Å²) < 4.78 is 1.90. The van der Waals surface area contributed by atoms with Gasteiger partial charge in [0.25, 0.3) is 0 Å². The second kappa shape index (κ2) is 12.6. The van der Waals surface area contributed by atoms with E-state index in [1.165, 1.54) is 17.5 Å². The molecule has 32 heavy (non-hydrogen) atoms. The topological polar surface area (TPSA) is 51.9 Å². The van der Waals surface area contributed by atoms with Crippen LogP contribution in [0.3, 0.4) is 0 Å². The molecule has 2 aliphatic rings. The number of aryl methyl sites for hydroxylation is 1. The van der Waals surface area contributed by atoms with Crippen LogP contribution in [0, 0.1) is 0 Å². The quantitative estimate of drug-likeness (QED) is 0.326. The van der Waals surface area contributed by atoms with Crippen molar-refractivity contribution in [1.82, 2.24) is 29.8 Å². The predicted octanol–water partition coefficient (Wildman–Crippen LogP) is 2.61. The van der Waals surface area contributed by atoms with E-state index >= 15 is 0 Å². The summed E-state index contributed by atoms with van der Waals surface area (Å²) in [5, 5.41) is 7.84. The Bertz CT molecular complexity index is 830. The first-order valence-corrected chi connectivity index (χ1v) is 11.7. The fraction of sp³-hybridized carbons (Fsp3) is 0.583. The summed E-state index contributed by atoms with van der Waals surface area (Å²) >= 11 is 0. The molecule has 2 saturated heterocycles. The van der Waals surface area contributed by atoms with Gasteiger partial charge < -0.3 is 10.2 Å². The molecule has 0 bridgehead atoms. The van der Waals surface area contributed by atoms with Crippen LogP contribution in [0.15, 0.2) is 47.7 Å². The van der Waals surface area contributed by atoms with E-state index in [9.17, 15) is 0 Å². The molecule has 2 aromatic rings. The Kier molecular flexibility index (Phi) is 9.80. The lowest BCUT2D eigenvalue weighted by Crippen LogP contribution is -2.47. The smallest absolute Gasteiger partial charge is 0.193 e. The molecule has 0 aliphatic carbocycles. The minimum absolute atomic E-state index is 0. The second-order valence-electron chi connectivity index (χ2n) is 8.72. The van der Waals surface area contributed by atoms with Crippen molar-refractivity contribution in [2.24, 2.45) is 12.0 Å². The van der Waals surface area contributed by atoms with Crippen molar-refractivity contribution >= 4 is 29.9 Å². The van der Waals surface area contributed by atoms with Gasteiger partial charge in [-0.2, -0.15) is 5.10 Å². The van der Waals surface area contributed by atoms with Crippen LogP contribution < -0.4 is 5.32 Å². The van der Waals surface area contributed by atoms with Crippen molar-refractivity contribution in [1.29, 1.82) is 0 Å². The van der Waals surface area contributed by atoms with Crippen molar-refractivity contribution in [3.63, 3.8) is 0 Å². The van der Waals surface area contributed by atoms with E-state index in [-0.39, 0.29) is 24.0 Å². The third-order valence-electron chi connectivity index (χ3n) is 6.41. The average molecular weight is 552 g/mol. The Morgan fingerprint density at radius 3 is 2.53 bits per heavy atom. The SMILES string of the molecule is CCNC(=NCCN1CCN(Cc2ccccc2)CC1)N1CCC(c2cnn(C)c2)C1.I. The summed E-state index contributed by atoms with van der Waals surface area (Å²) in [6.45, 7) is 12.6. The van der Waals surface area contributed by atoms with Gasteiger partial charge in [0.2, 0.25) is 0 Å². The van der Waals surface area contributed by atoms with Gasteiger partial charge >= 0.3 is 0 Å². The van der Waals surface area contributed by atoms with Crippen LogP contribution >= 0.6 is 24.0 Å². The van der Waals surface area contributed by atoms with Gasteiger partial charge in [-0.05, 0) is 24.5 Å². The summed E-state index contributed by atoms with van der Waals surface area (Å²) in [5.74, 6) is 1.62. The molecule has 1 N–H and O–H groups in total. The Labute approximate surface area is 209 Å². The molecule has 1 unspecified atom stereocenters. The molecule has 0 spiro atoms. The number of hydrogen-bond acceptors (Lipinski definition) is 4. The highest BCUT2D eigenvalue weighted by molar-refractivity contribution is 14.0. The predicted molar refractivity (Wildman–Crippen MR) is 142 cm³/mol. The molecule has 4 rings (SSSR count). The summed E-state index contributed by atoms with van der Waals surface area (Å²) in [5.41, 5.74) is 2.75. The number of nitrogens with one attached hydrogen (secondary N) is 1. The first-order chi connectivity index (χ1) is 15.2. The summed E-state index contributed by atoms with van der Waals surface area (Å²) in [4.78, 5) is 12.5. The van der Waals surface area contributed by atoms with Crippen molar-refractivity contribution in [3.05, 3.63) is 53.9 Å². The number of aliphatic imine (C=N–C) groups is 1. The number of nitrogens with zero attached hydrogens (tertiary/aromatic N) is 6. The third kappa shape index (κ3) is 6.92. The Morgan fingerprint density at radius 2 is 1.84 bits per heavy atom. The van der Waals surface area contributed by atoms with Gasteiger partial charge in [0.05, 0.1) is 12.7 Å². The monoisotopic (exact) mass is 551 g/mol. The summed E-state index contributed by atoms with van der Waals surface area (Å²) in [6, 6.07) is 10.8. The molecule has 7 nitrogen and oxygen atoms in total. The number of halogens is 1. The molecule has 1 aromatic carbocycles. The van der Waals surface area contributed by atoms with Gasteiger partial charge in [0.15, 0.2) is 5.96 Å². The number of benzene rings is 1. The van der Waals surface area contributed by atoms with E-state index in [4.69, 9.17) is 4.99 Å². The first-order valence-electron chi connectivity index (χ1n) is 11.7. The zero-order valence-corrected chi connectivity index (χ0v) is 21.8. The maximum absolute atomic E-state index is 4.97. The Balaban J connectivity index is 0.00000289. The molecule has 0 radical (unpaired) electrons. The summed E-state index contributed by atoms with van der Waals surface area (Å²) in [7, 11) is 1.99. The zero-order chi connectivity index (χ0) is 21.5. The van der Waals surface area contributed by atoms with Gasteiger partial charge in [-0.3, -0.25) is 19.5 Å². The van der Waals surface area contributed by atoms with Gasteiger partial charge in [0, 0.05) is 78.1 Å². The largest absolute Gasteiger partial charge is 0.357 e. The van der Waals surface area contributed by atoms with E-state index in [1.54, 1.807) is 0 Å². The number of hydrogen-bond donors (Lipinski definition) is 1. The maximum atomic E-state index is 4.97. The minimum Gasteiger partial charge on any atom is -0.357 e. The fourth-order valence-corrected chi connectivity index (χ4v) is 4.61. The van der Waals surface area contributed by atoms with Gasteiger partial charge in [-0.25, -0.2) is 0 Å². The molecule has 8 heteroatoms. The number of piperazine rings is 1. The highest BCUT2D eigenvalue weighted by Gasteiger charge is 2.27. The number of guanidine groups is 1. The third-order valence-corrected chi connectivity index (χ3v) is 6.41. The molecular weight excluding hydrogens is 513 g/mol. The zero-order valence-electron chi connectivity index (χ0n) is 19.5. The second-order valence-corrected chi connectivity index (χ2v) is 8.72. The Hall–Kier alpha value is -1.65. The van der Waals surface area contributed by atoms with Crippen molar-refractivity contribution in [3.8, 4) is 0 Å². The van der Waals surface area contributed by atoms with E-state index in [1.807, 2.05) is 17.9 Å². The number of rotatable bonds is 7. The van der Waals surface area contributed by atoms with Crippen molar-refractivity contribution in [2.75, 3.05) is 58.9 Å². The molecule has 0 amide bonds. The van der Waals surface area contributed by atoms with Crippen LogP contribution in [0.1, 0.15) is 30.4 Å². The minimum atomic E-state index is 0. The average Bonchev–Trinajstić information content (AvgIpc) is 3.44. The molecule has 1 aromatic heterocycles. The fourth-order valence-electron chi connectivity index (χ4n) is 4.61. The number of aromatic nitrogens is 2. The molecule has 2 fully saturated rings. The van der Waals surface area contributed by atoms with Crippen molar-refractivity contribution < 1.29 is 0 Å². The molecule has 176 valence electrons. The highest BCUT2D eigenvalue weighted by Crippen LogP contribution is 2.26. The molecule has 0 saturated carbocycles. The van der Waals surface area contributed by atoms with Crippen LogP contribution in [0.5, 0.6) is 0 Å². The van der Waals surface area contributed by atoms with Crippen molar-refractivity contribution in [2.45, 2.75) is 25.8 Å². The lowest BCUT2D eigenvalue weighted by molar-refractivity contribution is 0.130. The highest BCUT2D eigenvalue weighted by atomic mass is 127. The van der Waals surface area contributed by atoms with Crippen LogP contribution in [0.4, 0.5) is 0 Å². The van der Waals surface area contributed by atoms with Gasteiger partial charge in [-0.15, -0.1) is 24.0 Å². The van der Waals surface area contributed by atoms with E-state index < -0.39 is 0 Å². The lowest BCUT2D eigenvalue weighted by Gasteiger charge is -2.34. The van der Waals surface area contributed by atoms with Crippen LogP contribution in [0.2, 0.25) is 0 Å². The molecule has 2 aliphatic heterocycles. The summed E-state index contributed by atoms with van der Waals surface area (Å²) in [6.07, 6.45) is 5.32. The van der Waals surface area contributed by atoms with Crippen LogP contribution in [0.25, 0.3) is 0 Å². The molecule has 3 heterocycles. The molecular formula is C24H38IN7. The maximum Gasteiger partial charge on any atom is 0.193 e. The van der Waals surface area contributed by atoms with Gasteiger partial charge in [-0.1, -0.05) is 30.3 Å². The van der Waals surface area contributed by atoms with Crippen LogP contribution in [-0.4, -0.2) is 89.3 Å². The Morgan fingerprint density at radius 1 is 1.09 bits per heavy atom. The lowest BCUT2D eigenvalue weighted by atomic mass is 10.0. The van der Waals surface area contributed by atoms with E-state index in [0.717, 1.165) is 71.4 Å². The molecule has 1 atom stereocenters. The number of likely N-dealkylation sites (tertiary alicyclic amines) is 1. The first kappa shape index (κ1) is 25.0. The van der Waals surface area contributed by atoms with Crippen LogP contribution in [-0.2, 0) is 13.6 Å². The standard InChI is InChI=1S/C24H37N7.HI/c1-3-25-24(31-11-9-22(20-31)23-17-27-28(2)19-23)26-10-12-29-13-15-30(16-14-29)18-21-7-5-4-6-8-21;/h4-8,17,19,22H,3,9-16,18,20H2,1-2H3,(H,25,26);1H.